The van der Waals surface area contributed by atoms with Crippen LogP contribution >= 0.6 is 0 Å². The predicted octanol–water partition coefficient (Wildman–Crippen LogP) is 3.43. The molecule has 0 amide bonds. The first-order valence-electron chi connectivity index (χ1n) is 11.0. The summed E-state index contributed by atoms with van der Waals surface area (Å²) in [6, 6.07) is 16.6. The molecular weight excluding hydrogens is 392 g/mol. The van der Waals surface area contributed by atoms with Gasteiger partial charge < -0.3 is 14.8 Å². The topological polar surface area (TPSA) is 77.3 Å². The molecule has 1 atom stereocenters. The smallest absolute Gasteiger partial charge is 0.346 e. The third kappa shape index (κ3) is 5.21. The molecule has 31 heavy (non-hydrogen) atoms. The first kappa shape index (κ1) is 21.3. The maximum atomic E-state index is 6.03. The largest absolute Gasteiger partial charge is 0.490 e. The van der Waals surface area contributed by atoms with Gasteiger partial charge in [0.15, 0.2) is 11.5 Å². The summed E-state index contributed by atoms with van der Waals surface area (Å²) in [5, 5.41) is 15.4. The Morgan fingerprint density at radius 1 is 1.10 bits per heavy atom. The van der Waals surface area contributed by atoms with Crippen molar-refractivity contribution in [1.29, 1.82) is 0 Å². The molecule has 0 spiro atoms. The van der Waals surface area contributed by atoms with Crippen LogP contribution in [0.15, 0.2) is 48.5 Å². The van der Waals surface area contributed by atoms with Gasteiger partial charge in [0.25, 0.3) is 0 Å². The molecule has 0 bridgehead atoms. The second-order valence-electron chi connectivity index (χ2n) is 7.58. The van der Waals surface area contributed by atoms with Crippen LogP contribution in [0.25, 0.3) is 5.69 Å². The predicted molar refractivity (Wildman–Crippen MR) is 119 cm³/mol. The third-order valence-corrected chi connectivity index (χ3v) is 5.57. The number of benzene rings is 2. The third-order valence-electron chi connectivity index (χ3n) is 5.57. The number of para-hydroxylation sites is 1. The van der Waals surface area contributed by atoms with E-state index in [9.17, 15) is 0 Å². The summed E-state index contributed by atoms with van der Waals surface area (Å²) >= 11 is 0. The van der Waals surface area contributed by atoms with Crippen LogP contribution in [-0.4, -0.2) is 57.4 Å². The van der Waals surface area contributed by atoms with Gasteiger partial charge in [-0.3, -0.25) is 4.90 Å². The molecule has 0 aliphatic carbocycles. The van der Waals surface area contributed by atoms with Gasteiger partial charge in [0.05, 0.1) is 12.3 Å². The van der Waals surface area contributed by atoms with Crippen molar-refractivity contribution in [1.82, 2.24) is 30.4 Å². The van der Waals surface area contributed by atoms with Gasteiger partial charge in [-0.2, -0.15) is 4.68 Å². The SMILES string of the molecule is CCOc1cc(CNC[C@H]2CCCN2CC)ccc1Oc1nnnn1-c1ccccc1. The summed E-state index contributed by atoms with van der Waals surface area (Å²) in [6.07, 6.45) is 2.57. The lowest BCUT2D eigenvalue weighted by atomic mass is 10.1. The summed E-state index contributed by atoms with van der Waals surface area (Å²) in [6.45, 7) is 8.87. The van der Waals surface area contributed by atoms with Gasteiger partial charge in [0.1, 0.15) is 0 Å². The van der Waals surface area contributed by atoms with Crippen molar-refractivity contribution in [3.05, 3.63) is 54.1 Å². The van der Waals surface area contributed by atoms with Crippen LogP contribution in [0.5, 0.6) is 17.5 Å². The van der Waals surface area contributed by atoms with E-state index in [1.54, 1.807) is 4.68 Å². The monoisotopic (exact) mass is 422 g/mol. The second kappa shape index (κ2) is 10.4. The van der Waals surface area contributed by atoms with E-state index in [0.29, 0.717) is 30.2 Å². The van der Waals surface area contributed by atoms with Crippen molar-refractivity contribution in [2.75, 3.05) is 26.2 Å². The standard InChI is InChI=1S/C23H30N6O2/c1-3-28-14-8-11-20(28)17-24-16-18-12-13-21(22(15-18)30-4-2)31-23-25-26-27-29(23)19-9-6-5-7-10-19/h5-7,9-10,12-13,15,20,24H,3-4,8,11,14,16-17H2,1-2H3/t20-/m1/s1. The molecule has 2 aromatic carbocycles. The number of likely N-dealkylation sites (N-methyl/N-ethyl adjacent to an activating group) is 1. The Kier molecular flexibility index (Phi) is 7.11. The fourth-order valence-electron chi connectivity index (χ4n) is 4.01. The van der Waals surface area contributed by atoms with Crippen molar-refractivity contribution in [3.63, 3.8) is 0 Å². The molecule has 1 aliphatic rings. The van der Waals surface area contributed by atoms with E-state index in [4.69, 9.17) is 9.47 Å². The molecule has 0 saturated carbocycles. The van der Waals surface area contributed by atoms with Crippen molar-refractivity contribution >= 4 is 0 Å². The number of nitrogens with zero attached hydrogens (tertiary/aromatic N) is 5. The Balaban J connectivity index is 1.44. The molecule has 1 fully saturated rings. The van der Waals surface area contributed by atoms with E-state index in [1.165, 1.54) is 19.4 Å². The summed E-state index contributed by atoms with van der Waals surface area (Å²) in [5.41, 5.74) is 1.98. The molecule has 8 nitrogen and oxygen atoms in total. The van der Waals surface area contributed by atoms with Gasteiger partial charge in [-0.05, 0) is 73.1 Å². The van der Waals surface area contributed by atoms with Crippen LogP contribution in [-0.2, 0) is 6.54 Å². The Morgan fingerprint density at radius 3 is 2.77 bits per heavy atom. The minimum atomic E-state index is 0.291. The Hall–Kier alpha value is -2.97. The van der Waals surface area contributed by atoms with Gasteiger partial charge in [-0.25, -0.2) is 0 Å². The first-order valence-corrected chi connectivity index (χ1v) is 11.0. The highest BCUT2D eigenvalue weighted by molar-refractivity contribution is 5.44. The van der Waals surface area contributed by atoms with Crippen LogP contribution in [0.2, 0.25) is 0 Å². The van der Waals surface area contributed by atoms with Crippen molar-refractivity contribution in [2.45, 2.75) is 39.3 Å². The van der Waals surface area contributed by atoms with E-state index >= 15 is 0 Å². The lowest BCUT2D eigenvalue weighted by Crippen LogP contribution is -2.37. The zero-order valence-electron chi connectivity index (χ0n) is 18.2. The van der Waals surface area contributed by atoms with Crippen LogP contribution < -0.4 is 14.8 Å². The highest BCUT2D eigenvalue weighted by atomic mass is 16.5. The van der Waals surface area contributed by atoms with E-state index in [1.807, 2.05) is 55.5 Å². The van der Waals surface area contributed by atoms with E-state index < -0.39 is 0 Å². The number of hydrogen-bond acceptors (Lipinski definition) is 7. The molecule has 0 radical (unpaired) electrons. The molecule has 4 rings (SSSR count). The van der Waals surface area contributed by atoms with Gasteiger partial charge in [-0.15, -0.1) is 0 Å². The Bertz CT molecular complexity index is 962. The minimum absolute atomic E-state index is 0.291. The highest BCUT2D eigenvalue weighted by Gasteiger charge is 2.22. The van der Waals surface area contributed by atoms with Crippen LogP contribution in [0.3, 0.4) is 0 Å². The van der Waals surface area contributed by atoms with Gasteiger partial charge >= 0.3 is 6.01 Å². The molecule has 2 heterocycles. The van der Waals surface area contributed by atoms with Crippen molar-refractivity contribution < 1.29 is 9.47 Å². The molecule has 1 aliphatic heterocycles. The number of nitrogens with one attached hydrogen (secondary N) is 1. The van der Waals surface area contributed by atoms with Crippen LogP contribution in [0.4, 0.5) is 0 Å². The van der Waals surface area contributed by atoms with Gasteiger partial charge in [-0.1, -0.05) is 36.3 Å². The zero-order chi connectivity index (χ0) is 21.5. The number of ether oxygens (including phenoxy) is 2. The number of aromatic nitrogens is 4. The average Bonchev–Trinajstić information content (AvgIpc) is 3.45. The molecule has 8 heteroatoms. The molecule has 164 valence electrons. The molecule has 1 aromatic heterocycles. The average molecular weight is 423 g/mol. The number of hydrogen-bond donors (Lipinski definition) is 1. The summed E-state index contributed by atoms with van der Waals surface area (Å²) < 4.78 is 13.4. The fourth-order valence-corrected chi connectivity index (χ4v) is 4.01. The summed E-state index contributed by atoms with van der Waals surface area (Å²) in [4.78, 5) is 2.55. The quantitative estimate of drug-likeness (QED) is 0.536. The number of likely N-dealkylation sites (tertiary alicyclic amines) is 1. The van der Waals surface area contributed by atoms with E-state index in [2.05, 4.69) is 32.7 Å². The Labute approximate surface area is 183 Å². The number of tetrazole rings is 1. The van der Waals surface area contributed by atoms with E-state index in [-0.39, 0.29) is 0 Å². The number of rotatable bonds is 10. The van der Waals surface area contributed by atoms with Crippen LogP contribution in [0.1, 0.15) is 32.3 Å². The van der Waals surface area contributed by atoms with Crippen molar-refractivity contribution in [3.8, 4) is 23.2 Å². The zero-order valence-corrected chi connectivity index (χ0v) is 18.2. The van der Waals surface area contributed by atoms with Crippen LogP contribution in [0, 0.1) is 0 Å². The molecule has 3 aromatic rings. The van der Waals surface area contributed by atoms with Crippen molar-refractivity contribution in [2.24, 2.45) is 0 Å². The summed E-state index contributed by atoms with van der Waals surface area (Å²) in [5.74, 6) is 1.27. The normalized spacial score (nSPS) is 16.5. The first-order chi connectivity index (χ1) is 15.3. The second-order valence-corrected chi connectivity index (χ2v) is 7.58. The maximum absolute atomic E-state index is 6.03. The molecule has 1 N–H and O–H groups in total. The highest BCUT2D eigenvalue weighted by Crippen LogP contribution is 2.32. The fraction of sp³-hybridized carbons (Fsp3) is 0.435. The molecule has 1 saturated heterocycles. The van der Waals surface area contributed by atoms with E-state index in [0.717, 1.165) is 30.9 Å². The lowest BCUT2D eigenvalue weighted by molar-refractivity contribution is 0.260. The maximum Gasteiger partial charge on any atom is 0.346 e. The lowest BCUT2D eigenvalue weighted by Gasteiger charge is -2.23. The van der Waals surface area contributed by atoms with Gasteiger partial charge in [0, 0.05) is 19.1 Å². The Morgan fingerprint density at radius 2 is 1.97 bits per heavy atom. The summed E-state index contributed by atoms with van der Waals surface area (Å²) in [7, 11) is 0. The molecule has 0 unspecified atom stereocenters. The minimum Gasteiger partial charge on any atom is -0.490 e. The molecular formula is C23H30N6O2. The van der Waals surface area contributed by atoms with Gasteiger partial charge in [0.2, 0.25) is 0 Å².